The van der Waals surface area contributed by atoms with Gasteiger partial charge >= 0.3 is 5.69 Å². The SMILES string of the molecule is Cc1cc(C)cc(NC(=O)CSc2nnc3n(Cc4ccc(Cl)cc4)c4c(=O)n(C)c(=O)n(C)c4n23)c1. The van der Waals surface area contributed by atoms with E-state index >= 15 is 0 Å². The maximum absolute atomic E-state index is 13.2. The van der Waals surface area contributed by atoms with E-state index in [1.165, 1.54) is 23.4 Å². The Balaban J connectivity index is 1.56. The fourth-order valence-electron chi connectivity index (χ4n) is 4.42. The molecule has 2 aromatic carbocycles. The van der Waals surface area contributed by atoms with Gasteiger partial charge in [0.1, 0.15) is 0 Å². The number of nitrogens with zero attached hydrogens (tertiary/aromatic N) is 6. The van der Waals surface area contributed by atoms with Crippen molar-refractivity contribution >= 4 is 51.9 Å². The van der Waals surface area contributed by atoms with Crippen LogP contribution >= 0.6 is 23.4 Å². The molecule has 0 aliphatic carbocycles. The van der Waals surface area contributed by atoms with Crippen molar-refractivity contribution in [1.29, 1.82) is 0 Å². The van der Waals surface area contributed by atoms with Crippen LogP contribution in [0.5, 0.6) is 0 Å². The van der Waals surface area contributed by atoms with Crippen LogP contribution in [0.4, 0.5) is 5.69 Å². The number of imidazole rings is 1. The van der Waals surface area contributed by atoms with E-state index < -0.39 is 11.2 Å². The van der Waals surface area contributed by atoms with Crippen LogP contribution in [0, 0.1) is 13.8 Å². The molecule has 1 N–H and O–H groups in total. The number of fused-ring (bicyclic) bond motifs is 3. The fourth-order valence-corrected chi connectivity index (χ4v) is 5.27. The van der Waals surface area contributed by atoms with E-state index in [1.807, 2.05) is 44.2 Å². The molecule has 0 fully saturated rings. The largest absolute Gasteiger partial charge is 0.332 e. The number of thioether (sulfide) groups is 1. The number of carbonyl (C=O) groups is 1. The maximum Gasteiger partial charge on any atom is 0.332 e. The van der Waals surface area contributed by atoms with Gasteiger partial charge in [0.25, 0.3) is 5.56 Å². The first kappa shape index (κ1) is 24.8. The monoisotopic (exact) mass is 537 g/mol. The van der Waals surface area contributed by atoms with Gasteiger partial charge in [-0.25, -0.2) is 9.20 Å². The minimum Gasteiger partial charge on any atom is -0.325 e. The molecule has 190 valence electrons. The Hall–Kier alpha value is -3.83. The van der Waals surface area contributed by atoms with Gasteiger partial charge in [0.05, 0.1) is 12.3 Å². The molecule has 0 aliphatic heterocycles. The predicted octanol–water partition coefficient (Wildman–Crippen LogP) is 3.13. The second-order valence-electron chi connectivity index (χ2n) is 8.92. The fraction of sp³-hybridized carbons (Fsp3) is 0.240. The highest BCUT2D eigenvalue weighted by atomic mass is 35.5. The molecule has 5 rings (SSSR count). The molecule has 37 heavy (non-hydrogen) atoms. The van der Waals surface area contributed by atoms with Crippen LogP contribution in [0.15, 0.2) is 57.2 Å². The first-order chi connectivity index (χ1) is 17.6. The maximum atomic E-state index is 13.2. The zero-order chi connectivity index (χ0) is 26.4. The van der Waals surface area contributed by atoms with Crippen molar-refractivity contribution in [1.82, 2.24) is 28.3 Å². The van der Waals surface area contributed by atoms with Crippen LogP contribution < -0.4 is 16.6 Å². The lowest BCUT2D eigenvalue weighted by atomic mass is 10.1. The summed E-state index contributed by atoms with van der Waals surface area (Å²) in [6, 6.07) is 13.1. The van der Waals surface area contributed by atoms with Crippen molar-refractivity contribution in [3.63, 3.8) is 0 Å². The molecule has 0 bridgehead atoms. The number of nitrogens with one attached hydrogen (secondary N) is 1. The van der Waals surface area contributed by atoms with Crippen LogP contribution in [0.1, 0.15) is 16.7 Å². The molecule has 0 saturated carbocycles. The molecular formula is C25H24ClN7O3S. The highest BCUT2D eigenvalue weighted by Crippen LogP contribution is 2.25. The third-order valence-corrected chi connectivity index (χ3v) is 7.22. The average Bonchev–Trinajstić information content (AvgIpc) is 3.39. The molecule has 0 aliphatic rings. The van der Waals surface area contributed by atoms with E-state index in [4.69, 9.17) is 11.6 Å². The highest BCUT2D eigenvalue weighted by molar-refractivity contribution is 7.99. The molecule has 1 amide bonds. The van der Waals surface area contributed by atoms with Crippen molar-refractivity contribution in [3.8, 4) is 0 Å². The lowest BCUT2D eigenvalue weighted by molar-refractivity contribution is -0.113. The van der Waals surface area contributed by atoms with Gasteiger partial charge in [-0.2, -0.15) is 0 Å². The Morgan fingerprint density at radius 2 is 1.68 bits per heavy atom. The summed E-state index contributed by atoms with van der Waals surface area (Å²) in [7, 11) is 3.04. The average molecular weight is 538 g/mol. The zero-order valence-electron chi connectivity index (χ0n) is 20.6. The summed E-state index contributed by atoms with van der Waals surface area (Å²) in [6.45, 7) is 4.25. The first-order valence-electron chi connectivity index (χ1n) is 11.4. The Morgan fingerprint density at radius 3 is 2.35 bits per heavy atom. The Kier molecular flexibility index (Phi) is 6.42. The highest BCUT2D eigenvalue weighted by Gasteiger charge is 2.24. The van der Waals surface area contributed by atoms with Gasteiger partial charge in [-0.15, -0.1) is 10.2 Å². The van der Waals surface area contributed by atoms with Gasteiger partial charge < -0.3 is 5.32 Å². The third-order valence-electron chi connectivity index (χ3n) is 6.04. The number of hydrogen-bond donors (Lipinski definition) is 1. The van der Waals surface area contributed by atoms with Gasteiger partial charge in [0.2, 0.25) is 11.7 Å². The molecule has 10 nitrogen and oxygen atoms in total. The number of benzene rings is 2. The molecule has 0 saturated heterocycles. The summed E-state index contributed by atoms with van der Waals surface area (Å²) in [5, 5.41) is 12.5. The standard InChI is InChI=1S/C25H24ClN7O3S/c1-14-9-15(2)11-18(10-14)27-19(34)13-37-24-29-28-23-32(12-16-5-7-17(26)8-6-16)20-21(33(23)24)30(3)25(36)31(4)22(20)35/h5-11H,12-13H2,1-4H3,(H,27,34). The van der Waals surface area contributed by atoms with E-state index in [1.54, 1.807) is 28.1 Å². The third kappa shape index (κ3) is 4.56. The number of hydrogen-bond acceptors (Lipinski definition) is 6. The molecule has 0 spiro atoms. The lowest BCUT2D eigenvalue weighted by Crippen LogP contribution is -2.37. The molecule has 3 heterocycles. The quantitative estimate of drug-likeness (QED) is 0.333. The molecule has 3 aromatic heterocycles. The van der Waals surface area contributed by atoms with Crippen LogP contribution in [-0.4, -0.2) is 40.0 Å². The van der Waals surface area contributed by atoms with Crippen LogP contribution in [0.3, 0.4) is 0 Å². The normalized spacial score (nSPS) is 11.5. The van der Waals surface area contributed by atoms with Crippen molar-refractivity contribution in [2.75, 3.05) is 11.1 Å². The molecular weight excluding hydrogens is 514 g/mol. The second-order valence-corrected chi connectivity index (χ2v) is 10.3. The number of halogens is 1. The van der Waals surface area contributed by atoms with Crippen molar-refractivity contribution in [2.45, 2.75) is 25.5 Å². The predicted molar refractivity (Wildman–Crippen MR) is 145 cm³/mol. The van der Waals surface area contributed by atoms with E-state index in [-0.39, 0.29) is 11.7 Å². The smallest absolute Gasteiger partial charge is 0.325 e. The molecule has 0 atom stereocenters. The molecule has 0 unspecified atom stereocenters. The van der Waals surface area contributed by atoms with E-state index in [9.17, 15) is 14.4 Å². The molecule has 0 radical (unpaired) electrons. The number of aryl methyl sites for hydroxylation is 3. The second kappa shape index (κ2) is 9.56. The minimum atomic E-state index is -0.472. The minimum absolute atomic E-state index is 0.0659. The first-order valence-corrected chi connectivity index (χ1v) is 12.8. The van der Waals surface area contributed by atoms with Crippen LogP contribution in [-0.2, 0) is 25.4 Å². The van der Waals surface area contributed by atoms with Gasteiger partial charge in [0, 0.05) is 24.8 Å². The number of rotatable bonds is 6. The Morgan fingerprint density at radius 1 is 1.00 bits per heavy atom. The summed E-state index contributed by atoms with van der Waals surface area (Å²) in [5.74, 6) is 0.248. The lowest BCUT2D eigenvalue weighted by Gasteiger charge is -2.08. The summed E-state index contributed by atoms with van der Waals surface area (Å²) in [4.78, 5) is 38.7. The van der Waals surface area contributed by atoms with Crippen molar-refractivity contribution in [3.05, 3.63) is 85.0 Å². The van der Waals surface area contributed by atoms with Gasteiger partial charge in [-0.3, -0.25) is 23.3 Å². The summed E-state index contributed by atoms with van der Waals surface area (Å²) < 4.78 is 5.85. The Labute approximate surface area is 220 Å². The van der Waals surface area contributed by atoms with Crippen molar-refractivity contribution < 1.29 is 4.79 Å². The van der Waals surface area contributed by atoms with E-state index in [2.05, 4.69) is 15.5 Å². The van der Waals surface area contributed by atoms with Gasteiger partial charge in [-0.05, 0) is 54.8 Å². The topological polar surface area (TPSA) is 108 Å². The van der Waals surface area contributed by atoms with E-state index in [0.717, 1.165) is 26.9 Å². The van der Waals surface area contributed by atoms with Crippen LogP contribution in [0.25, 0.3) is 16.9 Å². The summed E-state index contributed by atoms with van der Waals surface area (Å²) in [5.41, 5.74) is 3.48. The van der Waals surface area contributed by atoms with Crippen molar-refractivity contribution in [2.24, 2.45) is 14.1 Å². The number of anilines is 1. The van der Waals surface area contributed by atoms with Crippen LogP contribution in [0.2, 0.25) is 5.02 Å². The number of aromatic nitrogens is 6. The Bertz CT molecular complexity index is 1780. The van der Waals surface area contributed by atoms with Gasteiger partial charge in [-0.1, -0.05) is 41.6 Å². The van der Waals surface area contributed by atoms with Gasteiger partial charge in [0.15, 0.2) is 16.3 Å². The molecule has 5 aromatic rings. The molecule has 12 heteroatoms. The zero-order valence-corrected chi connectivity index (χ0v) is 22.2. The number of amides is 1. The summed E-state index contributed by atoms with van der Waals surface area (Å²) in [6.07, 6.45) is 0. The number of carbonyl (C=O) groups excluding carboxylic acids is 1. The summed E-state index contributed by atoms with van der Waals surface area (Å²) >= 11 is 7.21. The van der Waals surface area contributed by atoms with E-state index in [0.29, 0.717) is 33.7 Å².